The van der Waals surface area contributed by atoms with Crippen LogP contribution in [0.2, 0.25) is 0 Å². The van der Waals surface area contributed by atoms with Crippen LogP contribution in [0.25, 0.3) is 0 Å². The standard InChI is InChI=1S/C18H22F3N3O2/c19-18(20,21)13-1-3-14(4-2-13)23-24-15(25)22-16-6-11-5-12(7-16)9-17(26,8-11)10-16/h1-4,11-12,23,26H,5-10H2,(H2,22,24,25). The fourth-order valence-electron chi connectivity index (χ4n) is 5.50. The molecule has 2 atom stereocenters. The lowest BCUT2D eigenvalue weighted by Gasteiger charge is -2.60. The van der Waals surface area contributed by atoms with Crippen molar-refractivity contribution in [3.63, 3.8) is 0 Å². The molecule has 1 aromatic rings. The molecule has 4 saturated carbocycles. The predicted octanol–water partition coefficient (Wildman–Crippen LogP) is 3.42. The molecule has 2 unspecified atom stereocenters. The molecule has 8 heteroatoms. The molecule has 5 rings (SSSR count). The van der Waals surface area contributed by atoms with Crippen LogP contribution >= 0.6 is 0 Å². The van der Waals surface area contributed by atoms with Crippen LogP contribution < -0.4 is 16.2 Å². The molecule has 0 aromatic heterocycles. The topological polar surface area (TPSA) is 73.4 Å². The summed E-state index contributed by atoms with van der Waals surface area (Å²) in [5, 5.41) is 13.7. The number of carbonyl (C=O) groups excluding carboxylic acids is 1. The quantitative estimate of drug-likeness (QED) is 0.617. The van der Waals surface area contributed by atoms with Gasteiger partial charge in [-0.2, -0.15) is 13.2 Å². The summed E-state index contributed by atoms with van der Waals surface area (Å²) in [6.07, 6.45) is 0.690. The Morgan fingerprint density at radius 3 is 2.23 bits per heavy atom. The number of hydrogen-bond acceptors (Lipinski definition) is 3. The summed E-state index contributed by atoms with van der Waals surface area (Å²) in [4.78, 5) is 12.3. The highest BCUT2D eigenvalue weighted by Crippen LogP contribution is 2.57. The van der Waals surface area contributed by atoms with Gasteiger partial charge in [-0.1, -0.05) is 0 Å². The molecule has 0 spiro atoms. The number of halogens is 3. The number of alkyl halides is 3. The highest BCUT2D eigenvalue weighted by molar-refractivity contribution is 5.76. The molecule has 4 N–H and O–H groups in total. The molecule has 2 amide bonds. The van der Waals surface area contributed by atoms with E-state index in [4.69, 9.17) is 0 Å². The Morgan fingerprint density at radius 1 is 1.08 bits per heavy atom. The van der Waals surface area contributed by atoms with E-state index in [9.17, 15) is 23.1 Å². The van der Waals surface area contributed by atoms with Gasteiger partial charge in [0.1, 0.15) is 0 Å². The number of carbonyl (C=O) groups is 1. The lowest BCUT2D eigenvalue weighted by atomic mass is 9.51. The molecule has 5 nitrogen and oxygen atoms in total. The molecular weight excluding hydrogens is 347 g/mol. The minimum atomic E-state index is -4.39. The molecular formula is C18H22F3N3O2. The van der Waals surface area contributed by atoms with Crippen molar-refractivity contribution in [1.29, 1.82) is 0 Å². The first-order chi connectivity index (χ1) is 12.1. The van der Waals surface area contributed by atoms with Gasteiger partial charge in [-0.05, 0) is 74.6 Å². The Kier molecular flexibility index (Phi) is 3.87. The molecule has 0 radical (unpaired) electrons. The van der Waals surface area contributed by atoms with E-state index in [-0.39, 0.29) is 5.54 Å². The van der Waals surface area contributed by atoms with Gasteiger partial charge < -0.3 is 10.4 Å². The molecule has 4 aliphatic rings. The van der Waals surface area contributed by atoms with E-state index in [1.165, 1.54) is 12.1 Å². The summed E-state index contributed by atoms with van der Waals surface area (Å²) in [5.41, 5.74) is 3.67. The Labute approximate surface area is 149 Å². The number of nitrogens with one attached hydrogen (secondary N) is 3. The maximum atomic E-state index is 12.6. The summed E-state index contributed by atoms with van der Waals surface area (Å²) in [5.74, 6) is 0.897. The molecule has 0 heterocycles. The van der Waals surface area contributed by atoms with Crippen molar-refractivity contribution in [2.75, 3.05) is 5.43 Å². The Bertz CT molecular complexity index is 691. The molecule has 1 aromatic carbocycles. The van der Waals surface area contributed by atoms with Gasteiger partial charge in [-0.15, -0.1) is 0 Å². The van der Waals surface area contributed by atoms with Gasteiger partial charge in [0, 0.05) is 5.54 Å². The van der Waals surface area contributed by atoms with Crippen LogP contribution in [0.15, 0.2) is 24.3 Å². The monoisotopic (exact) mass is 369 g/mol. The summed E-state index contributed by atoms with van der Waals surface area (Å²) >= 11 is 0. The number of anilines is 1. The molecule has 142 valence electrons. The van der Waals surface area contributed by atoms with Crippen molar-refractivity contribution >= 4 is 11.7 Å². The van der Waals surface area contributed by atoms with E-state index in [0.29, 0.717) is 23.9 Å². The number of benzene rings is 1. The third kappa shape index (κ3) is 3.34. The maximum Gasteiger partial charge on any atom is 0.416 e. The first-order valence-electron chi connectivity index (χ1n) is 8.89. The van der Waals surface area contributed by atoms with Crippen LogP contribution in [-0.2, 0) is 6.18 Å². The van der Waals surface area contributed by atoms with Crippen LogP contribution in [0, 0.1) is 11.8 Å². The molecule has 0 saturated heterocycles. The molecule has 4 bridgehead atoms. The van der Waals surface area contributed by atoms with Gasteiger partial charge in [0.15, 0.2) is 0 Å². The summed E-state index contributed by atoms with van der Waals surface area (Å²) in [6.45, 7) is 0. The zero-order valence-electron chi connectivity index (χ0n) is 14.2. The minimum Gasteiger partial charge on any atom is -0.390 e. The average Bonchev–Trinajstić information content (AvgIpc) is 2.49. The van der Waals surface area contributed by atoms with Gasteiger partial charge in [0.2, 0.25) is 0 Å². The zero-order chi connectivity index (χ0) is 18.6. The lowest BCUT2D eigenvalue weighted by molar-refractivity contribution is -0.139. The summed E-state index contributed by atoms with van der Waals surface area (Å²) in [6, 6.07) is 4.00. The zero-order valence-corrected chi connectivity index (χ0v) is 14.2. The summed E-state index contributed by atoms with van der Waals surface area (Å²) < 4.78 is 37.7. The number of hydrogen-bond donors (Lipinski definition) is 4. The van der Waals surface area contributed by atoms with E-state index in [1.807, 2.05) is 0 Å². The van der Waals surface area contributed by atoms with Gasteiger partial charge in [0.25, 0.3) is 0 Å². The van der Waals surface area contributed by atoms with Crippen molar-refractivity contribution < 1.29 is 23.1 Å². The van der Waals surface area contributed by atoms with Crippen LogP contribution in [0.1, 0.15) is 44.1 Å². The first-order valence-corrected chi connectivity index (χ1v) is 8.89. The van der Waals surface area contributed by atoms with Gasteiger partial charge in [-0.25, -0.2) is 4.79 Å². The van der Waals surface area contributed by atoms with E-state index in [2.05, 4.69) is 16.2 Å². The molecule has 4 aliphatic carbocycles. The van der Waals surface area contributed by atoms with Crippen LogP contribution in [0.5, 0.6) is 0 Å². The van der Waals surface area contributed by atoms with E-state index in [1.54, 1.807) is 0 Å². The van der Waals surface area contributed by atoms with Crippen molar-refractivity contribution in [2.45, 2.75) is 55.8 Å². The summed E-state index contributed by atoms with van der Waals surface area (Å²) in [7, 11) is 0. The van der Waals surface area contributed by atoms with Gasteiger partial charge in [0.05, 0.1) is 16.9 Å². The fraction of sp³-hybridized carbons (Fsp3) is 0.611. The van der Waals surface area contributed by atoms with Crippen molar-refractivity contribution in [2.24, 2.45) is 11.8 Å². The SMILES string of the molecule is O=C(NNc1ccc(C(F)(F)F)cc1)NC12CC3CC(CC(O)(C3)C1)C2. The number of rotatable bonds is 3. The average molecular weight is 369 g/mol. The third-order valence-electron chi connectivity index (χ3n) is 5.94. The van der Waals surface area contributed by atoms with E-state index < -0.39 is 23.4 Å². The predicted molar refractivity (Wildman–Crippen MR) is 89.1 cm³/mol. The highest BCUT2D eigenvalue weighted by Gasteiger charge is 2.57. The van der Waals surface area contributed by atoms with Crippen molar-refractivity contribution in [3.8, 4) is 0 Å². The Morgan fingerprint density at radius 2 is 1.69 bits per heavy atom. The largest absolute Gasteiger partial charge is 0.416 e. The minimum absolute atomic E-state index is 0.359. The second kappa shape index (κ2) is 5.77. The van der Waals surface area contributed by atoms with Crippen molar-refractivity contribution in [1.82, 2.24) is 10.7 Å². The highest BCUT2D eigenvalue weighted by atomic mass is 19.4. The number of hydrazine groups is 1. The number of urea groups is 1. The first kappa shape index (κ1) is 17.5. The second-order valence-electron chi connectivity index (χ2n) is 8.24. The van der Waals surface area contributed by atoms with Gasteiger partial charge in [-0.3, -0.25) is 10.9 Å². The van der Waals surface area contributed by atoms with Crippen LogP contribution in [-0.4, -0.2) is 22.3 Å². The Hall–Kier alpha value is -1.96. The van der Waals surface area contributed by atoms with E-state index >= 15 is 0 Å². The third-order valence-corrected chi connectivity index (χ3v) is 5.94. The Balaban J connectivity index is 1.35. The lowest BCUT2D eigenvalue weighted by Crippen LogP contribution is -2.66. The second-order valence-corrected chi connectivity index (χ2v) is 8.24. The molecule has 26 heavy (non-hydrogen) atoms. The maximum absolute atomic E-state index is 12.6. The van der Waals surface area contributed by atoms with Crippen LogP contribution in [0.3, 0.4) is 0 Å². The normalized spacial score (nSPS) is 35.2. The van der Waals surface area contributed by atoms with Gasteiger partial charge >= 0.3 is 12.2 Å². The molecule has 0 aliphatic heterocycles. The van der Waals surface area contributed by atoms with Crippen molar-refractivity contribution in [3.05, 3.63) is 29.8 Å². The molecule has 4 fully saturated rings. The van der Waals surface area contributed by atoms with Crippen LogP contribution in [0.4, 0.5) is 23.7 Å². The fourth-order valence-corrected chi connectivity index (χ4v) is 5.50. The van der Waals surface area contributed by atoms with E-state index in [0.717, 1.165) is 44.2 Å². The number of amides is 2. The number of aliphatic hydroxyl groups is 1. The smallest absolute Gasteiger partial charge is 0.390 e.